The second kappa shape index (κ2) is 8.17. The van der Waals surface area contributed by atoms with Crippen molar-refractivity contribution in [1.82, 2.24) is 9.80 Å². The fourth-order valence-corrected chi connectivity index (χ4v) is 3.33. The van der Waals surface area contributed by atoms with Crippen molar-refractivity contribution in [3.8, 4) is 0 Å². The number of nitrogens with zero attached hydrogens (tertiary/aromatic N) is 2. The molecule has 1 aliphatic rings. The quantitative estimate of drug-likeness (QED) is 0.873. The van der Waals surface area contributed by atoms with Gasteiger partial charge in [0.2, 0.25) is 5.91 Å². The fraction of sp³-hybridized carbons (Fsp3) is 0.381. The Morgan fingerprint density at radius 2 is 1.72 bits per heavy atom. The molecule has 4 heteroatoms. The number of nitrogen functional groups attached to an aromatic ring is 1. The Balaban J connectivity index is 1.58. The number of rotatable bonds is 4. The first-order valence-corrected chi connectivity index (χ1v) is 9.02. The number of hydrogen-bond acceptors (Lipinski definition) is 3. The predicted octanol–water partition coefficient (Wildman–Crippen LogP) is 2.93. The van der Waals surface area contributed by atoms with E-state index in [2.05, 4.69) is 36.1 Å². The second-order valence-electron chi connectivity index (χ2n) is 6.89. The third-order valence-electron chi connectivity index (χ3n) is 5.01. The third kappa shape index (κ3) is 4.83. The van der Waals surface area contributed by atoms with Crippen LogP contribution in [-0.2, 0) is 17.8 Å². The van der Waals surface area contributed by atoms with Crippen LogP contribution in [0.3, 0.4) is 0 Å². The van der Waals surface area contributed by atoms with Crippen molar-refractivity contribution in [2.24, 2.45) is 0 Å². The van der Waals surface area contributed by atoms with Gasteiger partial charge < -0.3 is 10.6 Å². The molecule has 132 valence electrons. The van der Waals surface area contributed by atoms with E-state index in [9.17, 15) is 4.79 Å². The van der Waals surface area contributed by atoms with Gasteiger partial charge in [-0.15, -0.1) is 0 Å². The zero-order chi connectivity index (χ0) is 17.6. The summed E-state index contributed by atoms with van der Waals surface area (Å²) in [6.45, 7) is 5.76. The van der Waals surface area contributed by atoms with Crippen LogP contribution < -0.4 is 5.73 Å². The van der Waals surface area contributed by atoms with Gasteiger partial charge in [-0.2, -0.15) is 0 Å². The molecule has 4 nitrogen and oxygen atoms in total. The summed E-state index contributed by atoms with van der Waals surface area (Å²) in [5, 5.41) is 0. The Morgan fingerprint density at radius 3 is 2.44 bits per heavy atom. The van der Waals surface area contributed by atoms with Crippen LogP contribution in [0.5, 0.6) is 0 Å². The molecule has 2 N–H and O–H groups in total. The molecule has 3 rings (SSSR count). The van der Waals surface area contributed by atoms with Crippen LogP contribution in [0.15, 0.2) is 54.6 Å². The first kappa shape index (κ1) is 17.5. The van der Waals surface area contributed by atoms with Crippen LogP contribution in [0.2, 0.25) is 0 Å². The summed E-state index contributed by atoms with van der Waals surface area (Å²) in [6, 6.07) is 18.6. The molecule has 1 saturated heterocycles. The van der Waals surface area contributed by atoms with E-state index < -0.39 is 0 Å². The number of nitrogens with two attached hydrogens (primary N) is 1. The summed E-state index contributed by atoms with van der Waals surface area (Å²) in [5.41, 5.74) is 8.80. The Labute approximate surface area is 150 Å². The van der Waals surface area contributed by atoms with Crippen LogP contribution in [-0.4, -0.2) is 41.4 Å². The van der Waals surface area contributed by atoms with Gasteiger partial charge >= 0.3 is 0 Å². The molecule has 0 radical (unpaired) electrons. The Kier molecular flexibility index (Phi) is 5.71. The smallest absolute Gasteiger partial charge is 0.227 e. The molecule has 1 atom stereocenters. The maximum Gasteiger partial charge on any atom is 0.227 e. The minimum atomic E-state index is 0.207. The van der Waals surface area contributed by atoms with Crippen molar-refractivity contribution < 1.29 is 4.79 Å². The van der Waals surface area contributed by atoms with Gasteiger partial charge in [-0.25, -0.2) is 0 Å². The molecule has 0 spiro atoms. The lowest BCUT2D eigenvalue weighted by Gasteiger charge is -2.26. The summed E-state index contributed by atoms with van der Waals surface area (Å²) in [6.07, 6.45) is 1.47. The topological polar surface area (TPSA) is 49.6 Å². The second-order valence-corrected chi connectivity index (χ2v) is 6.89. The molecule has 25 heavy (non-hydrogen) atoms. The Morgan fingerprint density at radius 1 is 1.00 bits per heavy atom. The molecule has 2 aromatic carbocycles. The number of hydrogen-bond donors (Lipinski definition) is 1. The lowest BCUT2D eigenvalue weighted by Crippen LogP contribution is -2.36. The molecule has 1 amide bonds. The monoisotopic (exact) mass is 337 g/mol. The SMILES string of the molecule is CC1CCN(C(=O)Cc2ccc(N)cc2)CCN1Cc1ccccc1. The number of benzene rings is 2. The maximum atomic E-state index is 12.7. The van der Waals surface area contributed by atoms with Gasteiger partial charge in [-0.05, 0) is 36.6 Å². The summed E-state index contributed by atoms with van der Waals surface area (Å²) in [4.78, 5) is 17.1. The minimum absolute atomic E-state index is 0.207. The van der Waals surface area contributed by atoms with Crippen molar-refractivity contribution in [3.05, 3.63) is 65.7 Å². The Hall–Kier alpha value is -2.33. The van der Waals surface area contributed by atoms with Crippen molar-refractivity contribution in [2.75, 3.05) is 25.4 Å². The van der Waals surface area contributed by atoms with E-state index in [4.69, 9.17) is 5.73 Å². The first-order valence-electron chi connectivity index (χ1n) is 9.02. The van der Waals surface area contributed by atoms with Crippen molar-refractivity contribution in [2.45, 2.75) is 32.4 Å². The van der Waals surface area contributed by atoms with E-state index in [0.717, 1.165) is 43.9 Å². The normalized spacial score (nSPS) is 18.8. The fourth-order valence-electron chi connectivity index (χ4n) is 3.33. The van der Waals surface area contributed by atoms with E-state index in [0.29, 0.717) is 12.5 Å². The van der Waals surface area contributed by atoms with E-state index in [1.54, 1.807) is 0 Å². The highest BCUT2D eigenvalue weighted by atomic mass is 16.2. The van der Waals surface area contributed by atoms with E-state index in [1.165, 1.54) is 5.56 Å². The highest BCUT2D eigenvalue weighted by Crippen LogP contribution is 2.16. The first-order chi connectivity index (χ1) is 12.1. The van der Waals surface area contributed by atoms with Crippen molar-refractivity contribution >= 4 is 11.6 Å². The van der Waals surface area contributed by atoms with Crippen LogP contribution in [0.4, 0.5) is 5.69 Å². The number of carbonyl (C=O) groups is 1. The predicted molar refractivity (Wildman–Crippen MR) is 102 cm³/mol. The number of anilines is 1. The molecular weight excluding hydrogens is 310 g/mol. The van der Waals surface area contributed by atoms with Crippen molar-refractivity contribution in [3.63, 3.8) is 0 Å². The molecule has 2 aromatic rings. The van der Waals surface area contributed by atoms with Gasteiger partial charge in [0.25, 0.3) is 0 Å². The highest BCUT2D eigenvalue weighted by molar-refractivity contribution is 5.79. The third-order valence-corrected chi connectivity index (χ3v) is 5.01. The average Bonchev–Trinajstić information content (AvgIpc) is 2.80. The molecule has 1 aliphatic heterocycles. The van der Waals surface area contributed by atoms with Crippen LogP contribution in [0.25, 0.3) is 0 Å². The zero-order valence-corrected chi connectivity index (χ0v) is 14.9. The van der Waals surface area contributed by atoms with Gasteiger partial charge in [0.1, 0.15) is 0 Å². The summed E-state index contributed by atoms with van der Waals surface area (Å²) in [7, 11) is 0. The summed E-state index contributed by atoms with van der Waals surface area (Å²) < 4.78 is 0. The van der Waals surface area contributed by atoms with E-state index in [-0.39, 0.29) is 5.91 Å². The Bertz CT molecular complexity index is 684. The van der Waals surface area contributed by atoms with Gasteiger partial charge in [-0.3, -0.25) is 9.69 Å². The number of amides is 1. The molecule has 0 saturated carbocycles. The van der Waals surface area contributed by atoms with Crippen LogP contribution in [0.1, 0.15) is 24.5 Å². The summed E-state index contributed by atoms with van der Waals surface area (Å²) >= 11 is 0. The average molecular weight is 337 g/mol. The van der Waals surface area contributed by atoms with Gasteiger partial charge in [0.05, 0.1) is 6.42 Å². The number of carbonyl (C=O) groups excluding carboxylic acids is 1. The summed E-state index contributed by atoms with van der Waals surface area (Å²) in [5.74, 6) is 0.207. The van der Waals surface area contributed by atoms with E-state index >= 15 is 0 Å². The van der Waals surface area contributed by atoms with Gasteiger partial charge in [0, 0.05) is 37.9 Å². The molecule has 1 unspecified atom stereocenters. The minimum Gasteiger partial charge on any atom is -0.399 e. The molecule has 0 aliphatic carbocycles. The maximum absolute atomic E-state index is 12.7. The molecule has 1 fully saturated rings. The van der Waals surface area contributed by atoms with E-state index in [1.807, 2.05) is 35.2 Å². The van der Waals surface area contributed by atoms with Crippen LogP contribution in [0, 0.1) is 0 Å². The molecule has 1 heterocycles. The van der Waals surface area contributed by atoms with Gasteiger partial charge in [-0.1, -0.05) is 42.5 Å². The molecule has 0 bridgehead atoms. The lowest BCUT2D eigenvalue weighted by atomic mass is 10.1. The molecule has 0 aromatic heterocycles. The van der Waals surface area contributed by atoms with Crippen molar-refractivity contribution in [1.29, 1.82) is 0 Å². The standard InChI is InChI=1S/C21H27N3O/c1-17-11-12-23(21(25)15-18-7-9-20(22)10-8-18)13-14-24(17)16-19-5-3-2-4-6-19/h2-10,17H,11-16,22H2,1H3. The molecular formula is C21H27N3O. The lowest BCUT2D eigenvalue weighted by molar-refractivity contribution is -0.130. The largest absolute Gasteiger partial charge is 0.399 e. The van der Waals surface area contributed by atoms with Gasteiger partial charge in [0.15, 0.2) is 0 Å². The van der Waals surface area contributed by atoms with Crippen LogP contribution >= 0.6 is 0 Å². The zero-order valence-electron chi connectivity index (χ0n) is 14.9. The highest BCUT2D eigenvalue weighted by Gasteiger charge is 2.23.